The molecule has 1 aliphatic heterocycles. The molecule has 1 heterocycles. The summed E-state index contributed by atoms with van der Waals surface area (Å²) in [6.45, 7) is 10.8. The number of hydrogen-bond donors (Lipinski definition) is 1. The van der Waals surface area contributed by atoms with Crippen molar-refractivity contribution < 1.29 is 28.8 Å². The largest absolute Gasteiger partial charge is 0.510 e. The first-order valence-corrected chi connectivity index (χ1v) is 14.1. The van der Waals surface area contributed by atoms with Crippen molar-refractivity contribution in [2.24, 2.45) is 39.9 Å². The topological polar surface area (TPSA) is 74.2 Å². The Balaban J connectivity index is 1.27. The van der Waals surface area contributed by atoms with Crippen LogP contribution < -0.4 is 0 Å². The molecule has 6 nitrogen and oxygen atoms in total. The fourth-order valence-electron chi connectivity index (χ4n) is 9.66. The molecule has 9 atom stereocenters. The Kier molecular flexibility index (Phi) is 6.80. The molecule has 9 unspecified atom stereocenters. The molecule has 4 saturated carbocycles. The second-order valence-corrected chi connectivity index (χ2v) is 12.9. The summed E-state index contributed by atoms with van der Waals surface area (Å²) < 4.78 is 21.7. The molecule has 0 bridgehead atoms. The van der Waals surface area contributed by atoms with E-state index in [1.54, 1.807) is 6.92 Å². The summed E-state index contributed by atoms with van der Waals surface area (Å²) in [6, 6.07) is 0. The zero-order chi connectivity index (χ0) is 24.9. The molecule has 0 saturated heterocycles. The van der Waals surface area contributed by atoms with E-state index in [2.05, 4.69) is 32.9 Å². The van der Waals surface area contributed by atoms with Crippen molar-refractivity contribution >= 4 is 6.16 Å². The molecule has 0 radical (unpaired) electrons. The summed E-state index contributed by atoms with van der Waals surface area (Å²) in [5.74, 6) is 2.02. The molecule has 5 rings (SSSR count). The molecule has 4 aliphatic carbocycles. The van der Waals surface area contributed by atoms with E-state index in [4.69, 9.17) is 18.9 Å². The minimum absolute atomic E-state index is 0.0203. The third kappa shape index (κ3) is 4.06. The molecule has 0 aromatic heterocycles. The molecule has 0 spiro atoms. The molecular weight excluding hydrogens is 444 g/mol. The molecule has 198 valence electrons. The van der Waals surface area contributed by atoms with Crippen LogP contribution in [0.15, 0.2) is 12.2 Å². The zero-order valence-corrected chi connectivity index (χ0v) is 22.2. The quantitative estimate of drug-likeness (QED) is 0.295. The lowest BCUT2D eigenvalue weighted by Crippen LogP contribution is -2.63. The van der Waals surface area contributed by atoms with Crippen LogP contribution in [0.5, 0.6) is 0 Å². The van der Waals surface area contributed by atoms with E-state index in [1.807, 2.05) is 0 Å². The maximum atomic E-state index is 12.5. The number of rotatable bonds is 5. The molecule has 35 heavy (non-hydrogen) atoms. The van der Waals surface area contributed by atoms with E-state index >= 15 is 0 Å². The molecule has 0 amide bonds. The summed E-state index contributed by atoms with van der Waals surface area (Å²) in [5.41, 5.74) is -0.365. The van der Waals surface area contributed by atoms with Gasteiger partial charge in [0.2, 0.25) is 0 Å². The Morgan fingerprint density at radius 1 is 1.03 bits per heavy atom. The fraction of sp³-hybridized carbons (Fsp3) is 0.897. The first-order chi connectivity index (χ1) is 16.7. The fourth-order valence-corrected chi connectivity index (χ4v) is 9.66. The maximum Gasteiger partial charge on any atom is 0.510 e. The van der Waals surface area contributed by atoms with E-state index in [9.17, 15) is 9.90 Å². The van der Waals surface area contributed by atoms with Crippen LogP contribution in [-0.4, -0.2) is 49.6 Å². The van der Waals surface area contributed by atoms with Gasteiger partial charge in [0.25, 0.3) is 0 Å². The van der Waals surface area contributed by atoms with Crippen LogP contribution in [0.2, 0.25) is 0 Å². The van der Waals surface area contributed by atoms with Crippen molar-refractivity contribution in [2.45, 2.75) is 97.2 Å². The van der Waals surface area contributed by atoms with Gasteiger partial charge in [0.15, 0.2) is 6.79 Å². The summed E-state index contributed by atoms with van der Waals surface area (Å²) >= 11 is 0. The number of carbonyl (C=O) groups is 1. The van der Waals surface area contributed by atoms with E-state index < -0.39 is 11.8 Å². The van der Waals surface area contributed by atoms with Gasteiger partial charge in [0.05, 0.1) is 31.5 Å². The SMILES string of the molecule is CCOC(=O)OCOC1CCC2(C)C(CCC3C2CCC2(C)C(C4(C)C=CCOC4)CCC32O)C1. The molecule has 0 aromatic carbocycles. The van der Waals surface area contributed by atoms with Crippen LogP contribution in [0, 0.1) is 39.9 Å². The van der Waals surface area contributed by atoms with Crippen LogP contribution >= 0.6 is 0 Å². The van der Waals surface area contributed by atoms with Gasteiger partial charge in [-0.05, 0) is 93.8 Å². The summed E-state index contributed by atoms with van der Waals surface area (Å²) in [7, 11) is 0. The van der Waals surface area contributed by atoms with E-state index in [0.717, 1.165) is 58.0 Å². The van der Waals surface area contributed by atoms with Crippen molar-refractivity contribution in [1.82, 2.24) is 0 Å². The van der Waals surface area contributed by atoms with Gasteiger partial charge in [0, 0.05) is 10.8 Å². The van der Waals surface area contributed by atoms with E-state index in [0.29, 0.717) is 36.9 Å². The van der Waals surface area contributed by atoms with E-state index in [1.165, 1.54) is 6.42 Å². The van der Waals surface area contributed by atoms with Gasteiger partial charge in [-0.3, -0.25) is 0 Å². The summed E-state index contributed by atoms with van der Waals surface area (Å²) in [5, 5.41) is 12.5. The van der Waals surface area contributed by atoms with Gasteiger partial charge in [-0.25, -0.2) is 4.79 Å². The third-order valence-corrected chi connectivity index (χ3v) is 11.5. The van der Waals surface area contributed by atoms with Gasteiger partial charge < -0.3 is 24.1 Å². The van der Waals surface area contributed by atoms with E-state index in [-0.39, 0.29) is 29.1 Å². The van der Waals surface area contributed by atoms with Gasteiger partial charge in [0.1, 0.15) is 0 Å². The smallest absolute Gasteiger partial charge is 0.435 e. The first-order valence-electron chi connectivity index (χ1n) is 14.1. The average molecular weight is 491 g/mol. The van der Waals surface area contributed by atoms with Crippen molar-refractivity contribution in [3.8, 4) is 0 Å². The molecule has 0 aromatic rings. The van der Waals surface area contributed by atoms with Crippen LogP contribution in [0.3, 0.4) is 0 Å². The summed E-state index contributed by atoms with van der Waals surface area (Å²) in [6.07, 6.45) is 13.8. The van der Waals surface area contributed by atoms with Crippen molar-refractivity contribution in [3.63, 3.8) is 0 Å². The highest BCUT2D eigenvalue weighted by atomic mass is 16.8. The van der Waals surface area contributed by atoms with Crippen LogP contribution in [0.4, 0.5) is 4.79 Å². The summed E-state index contributed by atoms with van der Waals surface area (Å²) in [4.78, 5) is 11.5. The molecule has 4 fully saturated rings. The van der Waals surface area contributed by atoms with Crippen molar-refractivity contribution in [3.05, 3.63) is 12.2 Å². The minimum atomic E-state index is -0.661. The highest BCUT2D eigenvalue weighted by molar-refractivity contribution is 5.59. The lowest BCUT2D eigenvalue weighted by Gasteiger charge is -2.64. The monoisotopic (exact) mass is 490 g/mol. The number of aliphatic hydroxyl groups is 1. The molecule has 6 heteroatoms. The number of carbonyl (C=O) groups excluding carboxylic acids is 1. The minimum Gasteiger partial charge on any atom is -0.435 e. The average Bonchev–Trinajstić information content (AvgIpc) is 3.12. The number of hydrogen-bond acceptors (Lipinski definition) is 6. The maximum absolute atomic E-state index is 12.5. The van der Waals surface area contributed by atoms with Crippen molar-refractivity contribution in [2.75, 3.05) is 26.6 Å². The third-order valence-electron chi connectivity index (χ3n) is 11.5. The van der Waals surface area contributed by atoms with Gasteiger partial charge >= 0.3 is 6.16 Å². The number of fused-ring (bicyclic) bond motifs is 5. The Bertz CT molecular complexity index is 828. The Morgan fingerprint density at radius 3 is 2.60 bits per heavy atom. The highest BCUT2D eigenvalue weighted by Crippen LogP contribution is 2.71. The predicted molar refractivity (Wildman–Crippen MR) is 133 cm³/mol. The van der Waals surface area contributed by atoms with Crippen molar-refractivity contribution in [1.29, 1.82) is 0 Å². The predicted octanol–water partition coefficient (Wildman–Crippen LogP) is 5.87. The van der Waals surface area contributed by atoms with Crippen LogP contribution in [0.1, 0.15) is 85.5 Å². The van der Waals surface area contributed by atoms with Gasteiger partial charge in [-0.2, -0.15) is 0 Å². The van der Waals surface area contributed by atoms with Crippen LogP contribution in [0.25, 0.3) is 0 Å². The second kappa shape index (κ2) is 9.33. The second-order valence-electron chi connectivity index (χ2n) is 12.9. The molecule has 5 aliphatic rings. The first kappa shape index (κ1) is 25.5. The Hall–Kier alpha value is -1.11. The van der Waals surface area contributed by atoms with Gasteiger partial charge in [-0.1, -0.05) is 32.9 Å². The lowest BCUT2D eigenvalue weighted by molar-refractivity contribution is -0.220. The normalized spacial score (nSPS) is 49.0. The standard InChI is InChI=1S/C29H46O6/c1-5-33-25(30)35-19-34-21-9-13-27(3)20(17-21)7-8-23-22(27)10-14-28(4)24(11-15-29(23,28)31)26(2)12-6-16-32-18-26/h6,12,20-24,31H,5,7-11,13-19H2,1-4H3. The highest BCUT2D eigenvalue weighted by Gasteiger charge is 2.69. The van der Waals surface area contributed by atoms with Crippen LogP contribution in [-0.2, 0) is 18.9 Å². The Morgan fingerprint density at radius 2 is 1.86 bits per heavy atom. The zero-order valence-electron chi connectivity index (χ0n) is 22.2. The lowest BCUT2D eigenvalue weighted by atomic mass is 9.42. The molecule has 1 N–H and O–H groups in total. The molecular formula is C29H46O6. The van der Waals surface area contributed by atoms with Gasteiger partial charge in [-0.15, -0.1) is 0 Å². The Labute approximate surface area is 211 Å². The number of ether oxygens (including phenoxy) is 4.